The summed E-state index contributed by atoms with van der Waals surface area (Å²) < 4.78 is 40.0. The third-order valence-electron chi connectivity index (χ3n) is 2.15. The highest BCUT2D eigenvalue weighted by molar-refractivity contribution is 4.75. The fourth-order valence-electron chi connectivity index (χ4n) is 1.54. The van der Waals surface area contributed by atoms with E-state index in [9.17, 15) is 13.2 Å². The number of hydrogen-bond acceptors (Lipinski definition) is 2. The Bertz CT molecular complexity index is 160. The molecule has 5 heteroatoms. The molecule has 1 aliphatic carbocycles. The molecule has 78 valence electrons. The second-order valence-corrected chi connectivity index (χ2v) is 3.47. The average molecular weight is 197 g/mol. The molecule has 0 heterocycles. The Morgan fingerprint density at radius 1 is 1.31 bits per heavy atom. The van der Waals surface area contributed by atoms with Gasteiger partial charge < -0.3 is 10.5 Å². The van der Waals surface area contributed by atoms with Gasteiger partial charge in [0.25, 0.3) is 0 Å². The Kier molecular flexibility index (Phi) is 3.55. The standard InChI is InChI=1S/C8H14F3NO/c9-8(10,11)5-13-7-3-1-2-6(12)4-7/h6-7H,1-5,12H2. The van der Waals surface area contributed by atoms with E-state index >= 15 is 0 Å². The monoisotopic (exact) mass is 197 g/mol. The number of alkyl halides is 3. The van der Waals surface area contributed by atoms with E-state index in [1.54, 1.807) is 0 Å². The van der Waals surface area contributed by atoms with Gasteiger partial charge in [0, 0.05) is 6.04 Å². The summed E-state index contributed by atoms with van der Waals surface area (Å²) in [7, 11) is 0. The van der Waals surface area contributed by atoms with Crippen molar-refractivity contribution >= 4 is 0 Å². The second kappa shape index (κ2) is 4.28. The zero-order chi connectivity index (χ0) is 9.90. The van der Waals surface area contributed by atoms with Gasteiger partial charge in [-0.2, -0.15) is 13.2 Å². The largest absolute Gasteiger partial charge is 0.411 e. The third kappa shape index (κ3) is 4.47. The van der Waals surface area contributed by atoms with Crippen molar-refractivity contribution in [3.05, 3.63) is 0 Å². The number of ether oxygens (including phenoxy) is 1. The van der Waals surface area contributed by atoms with Crippen LogP contribution in [0.3, 0.4) is 0 Å². The average Bonchev–Trinajstić information content (AvgIpc) is 2.00. The van der Waals surface area contributed by atoms with E-state index in [0.717, 1.165) is 12.8 Å². The molecule has 0 aromatic carbocycles. The maximum absolute atomic E-state index is 11.8. The van der Waals surface area contributed by atoms with Crippen LogP contribution in [-0.4, -0.2) is 24.9 Å². The molecule has 1 rings (SSSR count). The van der Waals surface area contributed by atoms with Gasteiger partial charge >= 0.3 is 6.18 Å². The van der Waals surface area contributed by atoms with Crippen LogP contribution >= 0.6 is 0 Å². The molecule has 1 saturated carbocycles. The van der Waals surface area contributed by atoms with Crippen LogP contribution in [0.5, 0.6) is 0 Å². The Balaban J connectivity index is 2.21. The quantitative estimate of drug-likeness (QED) is 0.733. The molecule has 0 aromatic heterocycles. The number of halogens is 3. The van der Waals surface area contributed by atoms with Crippen molar-refractivity contribution in [1.29, 1.82) is 0 Å². The molecule has 0 saturated heterocycles. The zero-order valence-electron chi connectivity index (χ0n) is 7.31. The van der Waals surface area contributed by atoms with Crippen molar-refractivity contribution in [3.8, 4) is 0 Å². The van der Waals surface area contributed by atoms with E-state index in [1.165, 1.54) is 0 Å². The van der Waals surface area contributed by atoms with Crippen molar-refractivity contribution in [2.24, 2.45) is 5.73 Å². The lowest BCUT2D eigenvalue weighted by Gasteiger charge is -2.26. The Hall–Kier alpha value is -0.290. The molecule has 1 fully saturated rings. The topological polar surface area (TPSA) is 35.2 Å². The molecule has 13 heavy (non-hydrogen) atoms. The maximum atomic E-state index is 11.8. The predicted molar refractivity (Wildman–Crippen MR) is 42.2 cm³/mol. The third-order valence-corrected chi connectivity index (χ3v) is 2.15. The lowest BCUT2D eigenvalue weighted by molar-refractivity contribution is -0.188. The van der Waals surface area contributed by atoms with Crippen molar-refractivity contribution in [1.82, 2.24) is 0 Å². The summed E-state index contributed by atoms with van der Waals surface area (Å²) in [5, 5.41) is 0. The normalized spacial score (nSPS) is 30.5. The minimum atomic E-state index is -4.22. The molecule has 0 spiro atoms. The van der Waals surface area contributed by atoms with Crippen LogP contribution < -0.4 is 5.73 Å². The fraction of sp³-hybridized carbons (Fsp3) is 1.00. The van der Waals surface area contributed by atoms with Crippen molar-refractivity contribution in [2.75, 3.05) is 6.61 Å². The zero-order valence-corrected chi connectivity index (χ0v) is 7.31. The van der Waals surface area contributed by atoms with Gasteiger partial charge in [-0.05, 0) is 25.7 Å². The molecule has 0 bridgehead atoms. The molecule has 0 radical (unpaired) electrons. The van der Waals surface area contributed by atoms with Crippen LogP contribution in [0, 0.1) is 0 Å². The van der Waals surface area contributed by atoms with Crippen molar-refractivity contribution in [2.45, 2.75) is 44.0 Å². The molecular formula is C8H14F3NO. The molecular weight excluding hydrogens is 183 g/mol. The van der Waals surface area contributed by atoms with E-state index in [2.05, 4.69) is 0 Å². The first-order valence-electron chi connectivity index (χ1n) is 4.41. The van der Waals surface area contributed by atoms with Crippen LogP contribution in [0.1, 0.15) is 25.7 Å². The minimum absolute atomic E-state index is 0.00647. The Morgan fingerprint density at radius 2 is 2.00 bits per heavy atom. The van der Waals surface area contributed by atoms with E-state index in [-0.39, 0.29) is 12.1 Å². The summed E-state index contributed by atoms with van der Waals surface area (Å²) in [5.41, 5.74) is 5.60. The van der Waals surface area contributed by atoms with Gasteiger partial charge in [-0.25, -0.2) is 0 Å². The van der Waals surface area contributed by atoms with Gasteiger partial charge in [0.15, 0.2) is 0 Å². The van der Waals surface area contributed by atoms with Gasteiger partial charge in [0.05, 0.1) is 6.10 Å². The van der Waals surface area contributed by atoms with Gasteiger partial charge in [-0.3, -0.25) is 0 Å². The molecule has 0 aliphatic heterocycles. The summed E-state index contributed by atoms with van der Waals surface area (Å²) in [6, 6.07) is 0.00647. The van der Waals surface area contributed by atoms with Crippen molar-refractivity contribution < 1.29 is 17.9 Å². The molecule has 2 atom stereocenters. The SMILES string of the molecule is NC1CCCC(OCC(F)(F)F)C1. The smallest absolute Gasteiger partial charge is 0.369 e. The summed E-state index contributed by atoms with van der Waals surface area (Å²) in [5.74, 6) is 0. The first-order valence-corrected chi connectivity index (χ1v) is 4.41. The molecule has 0 aromatic rings. The molecule has 2 unspecified atom stereocenters. The lowest BCUT2D eigenvalue weighted by atomic mass is 9.94. The van der Waals surface area contributed by atoms with Crippen LogP contribution in [0.4, 0.5) is 13.2 Å². The van der Waals surface area contributed by atoms with Gasteiger partial charge in [-0.15, -0.1) is 0 Å². The number of rotatable bonds is 2. The van der Waals surface area contributed by atoms with Gasteiger partial charge in [0.2, 0.25) is 0 Å². The molecule has 2 nitrogen and oxygen atoms in total. The van der Waals surface area contributed by atoms with Crippen LogP contribution in [0.2, 0.25) is 0 Å². The van der Waals surface area contributed by atoms with Crippen LogP contribution in [0.25, 0.3) is 0 Å². The minimum Gasteiger partial charge on any atom is -0.369 e. The summed E-state index contributed by atoms with van der Waals surface area (Å²) >= 11 is 0. The Morgan fingerprint density at radius 3 is 2.54 bits per heavy atom. The summed E-state index contributed by atoms with van der Waals surface area (Å²) in [4.78, 5) is 0. The molecule has 1 aliphatic rings. The van der Waals surface area contributed by atoms with E-state index in [1.807, 2.05) is 0 Å². The highest BCUT2D eigenvalue weighted by Gasteiger charge is 2.30. The molecule has 0 amide bonds. The fourth-order valence-corrected chi connectivity index (χ4v) is 1.54. The highest BCUT2D eigenvalue weighted by Crippen LogP contribution is 2.22. The van der Waals surface area contributed by atoms with Crippen LogP contribution in [0.15, 0.2) is 0 Å². The lowest BCUT2D eigenvalue weighted by Crippen LogP contribution is -2.34. The second-order valence-electron chi connectivity index (χ2n) is 3.47. The van der Waals surface area contributed by atoms with E-state index < -0.39 is 12.8 Å². The summed E-state index contributed by atoms with van der Waals surface area (Å²) in [6.45, 7) is -1.15. The van der Waals surface area contributed by atoms with E-state index in [4.69, 9.17) is 10.5 Å². The van der Waals surface area contributed by atoms with Crippen LogP contribution in [-0.2, 0) is 4.74 Å². The van der Waals surface area contributed by atoms with Crippen molar-refractivity contribution in [3.63, 3.8) is 0 Å². The van der Waals surface area contributed by atoms with Gasteiger partial charge in [-0.1, -0.05) is 0 Å². The Labute approximate surface area is 75.2 Å². The maximum Gasteiger partial charge on any atom is 0.411 e. The van der Waals surface area contributed by atoms with E-state index in [0.29, 0.717) is 12.8 Å². The first-order chi connectivity index (χ1) is 5.97. The molecule has 2 N–H and O–H groups in total. The number of nitrogens with two attached hydrogens (primary N) is 1. The number of hydrogen-bond donors (Lipinski definition) is 1. The highest BCUT2D eigenvalue weighted by atomic mass is 19.4. The first kappa shape index (κ1) is 10.8. The van der Waals surface area contributed by atoms with Gasteiger partial charge in [0.1, 0.15) is 6.61 Å². The predicted octanol–water partition coefficient (Wildman–Crippen LogP) is 1.84. The summed E-state index contributed by atoms with van der Waals surface area (Å²) in [6.07, 6.45) is -1.51.